The lowest BCUT2D eigenvalue weighted by Crippen LogP contribution is -2.43. The zero-order chi connectivity index (χ0) is 21.2. The number of carbonyl (C=O) groups excluding carboxylic acids is 1. The number of nitrogens with one attached hydrogen (secondary N) is 1. The lowest BCUT2D eigenvalue weighted by atomic mass is 10.1. The Hall–Kier alpha value is -2.26. The number of likely N-dealkylation sites (tertiary alicyclic amines) is 1. The normalized spacial score (nSPS) is 16.2. The van der Waals surface area contributed by atoms with Gasteiger partial charge in [0.1, 0.15) is 5.69 Å². The summed E-state index contributed by atoms with van der Waals surface area (Å²) >= 11 is 6.25. The van der Waals surface area contributed by atoms with Crippen LogP contribution < -0.4 is 5.73 Å². The van der Waals surface area contributed by atoms with Crippen molar-refractivity contribution in [1.29, 1.82) is 0 Å². The fourth-order valence-corrected chi connectivity index (χ4v) is 3.75. The Labute approximate surface area is 171 Å². The van der Waals surface area contributed by atoms with Crippen molar-refractivity contribution < 1.29 is 18.0 Å². The molecule has 0 bridgehead atoms. The largest absolute Gasteiger partial charge is 0.432 e. The van der Waals surface area contributed by atoms with Crippen molar-refractivity contribution in [1.82, 2.24) is 20.0 Å². The van der Waals surface area contributed by atoms with Crippen LogP contribution in [0.4, 0.5) is 18.9 Å². The van der Waals surface area contributed by atoms with E-state index in [1.54, 1.807) is 18.2 Å². The van der Waals surface area contributed by atoms with E-state index in [4.69, 9.17) is 17.3 Å². The molecule has 2 heterocycles. The molecule has 1 aromatic heterocycles. The lowest BCUT2D eigenvalue weighted by molar-refractivity contribution is -0.141. The molecule has 1 aliphatic rings. The van der Waals surface area contributed by atoms with E-state index in [2.05, 4.69) is 10.00 Å². The molecule has 29 heavy (non-hydrogen) atoms. The van der Waals surface area contributed by atoms with Crippen LogP contribution in [0, 0.1) is 0 Å². The molecule has 1 saturated heterocycles. The third-order valence-electron chi connectivity index (χ3n) is 5.14. The maximum absolute atomic E-state index is 13.0. The smallest absolute Gasteiger partial charge is 0.398 e. The van der Waals surface area contributed by atoms with E-state index in [9.17, 15) is 18.0 Å². The highest BCUT2D eigenvalue weighted by Crippen LogP contribution is 2.29. The lowest BCUT2D eigenvalue weighted by Gasteiger charge is -2.31. The minimum atomic E-state index is -4.60. The number of amides is 1. The third kappa shape index (κ3) is 5.02. The molecule has 1 fully saturated rings. The number of nitrogens with two attached hydrogens (primary N) is 1. The van der Waals surface area contributed by atoms with Gasteiger partial charge in [0.15, 0.2) is 5.69 Å². The summed E-state index contributed by atoms with van der Waals surface area (Å²) in [5.74, 6) is -0.609. The molecular formula is C19H23ClF3N5O. The number of aromatic nitrogens is 2. The average molecular weight is 430 g/mol. The van der Waals surface area contributed by atoms with Gasteiger partial charge >= 0.3 is 6.18 Å². The molecular weight excluding hydrogens is 407 g/mol. The Kier molecular flexibility index (Phi) is 6.38. The number of halogens is 4. The number of alkyl halides is 3. The Morgan fingerprint density at radius 3 is 2.66 bits per heavy atom. The van der Waals surface area contributed by atoms with Crippen molar-refractivity contribution in [3.05, 3.63) is 46.2 Å². The summed E-state index contributed by atoms with van der Waals surface area (Å²) in [5, 5.41) is 5.87. The van der Waals surface area contributed by atoms with E-state index in [1.807, 2.05) is 12.0 Å². The zero-order valence-corrected chi connectivity index (χ0v) is 16.7. The van der Waals surface area contributed by atoms with Gasteiger partial charge in [-0.1, -0.05) is 17.7 Å². The number of benzene rings is 1. The molecule has 3 N–H and O–H groups in total. The van der Waals surface area contributed by atoms with Gasteiger partial charge in [0, 0.05) is 41.5 Å². The van der Waals surface area contributed by atoms with Gasteiger partial charge in [0.2, 0.25) is 0 Å². The number of rotatable bonds is 6. The van der Waals surface area contributed by atoms with E-state index in [0.29, 0.717) is 22.8 Å². The van der Waals surface area contributed by atoms with Gasteiger partial charge < -0.3 is 10.6 Å². The fraction of sp³-hybridized carbons (Fsp3) is 0.474. The van der Waals surface area contributed by atoms with Crippen molar-refractivity contribution >= 4 is 23.2 Å². The van der Waals surface area contributed by atoms with Crippen molar-refractivity contribution in [2.45, 2.75) is 38.5 Å². The second-order valence-corrected chi connectivity index (χ2v) is 7.66. The number of carbonyl (C=O) groups is 1. The van der Waals surface area contributed by atoms with Gasteiger partial charge in [-0.15, -0.1) is 0 Å². The van der Waals surface area contributed by atoms with Crippen molar-refractivity contribution in [3.63, 3.8) is 0 Å². The van der Waals surface area contributed by atoms with Gasteiger partial charge in [-0.3, -0.25) is 14.8 Å². The van der Waals surface area contributed by atoms with E-state index in [0.717, 1.165) is 32.0 Å². The molecule has 158 valence electrons. The van der Waals surface area contributed by atoms with Gasteiger partial charge in [0.25, 0.3) is 5.91 Å². The molecule has 10 heteroatoms. The molecule has 1 unspecified atom stereocenters. The highest BCUT2D eigenvalue weighted by atomic mass is 35.5. The second kappa shape index (κ2) is 8.62. The van der Waals surface area contributed by atoms with Crippen LogP contribution in [0.15, 0.2) is 24.3 Å². The number of anilines is 1. The number of hydrogen-bond acceptors (Lipinski definition) is 4. The first kappa shape index (κ1) is 21.4. The first-order valence-electron chi connectivity index (χ1n) is 9.35. The molecule has 1 aliphatic heterocycles. The van der Waals surface area contributed by atoms with Crippen LogP contribution >= 0.6 is 11.6 Å². The summed E-state index contributed by atoms with van der Waals surface area (Å²) in [6, 6.07) is 5.79. The quantitative estimate of drug-likeness (QED) is 0.685. The number of aromatic amines is 1. The minimum absolute atomic E-state index is 0.0335. The van der Waals surface area contributed by atoms with Gasteiger partial charge in [-0.25, -0.2) is 0 Å². The average Bonchev–Trinajstić information content (AvgIpc) is 3.34. The van der Waals surface area contributed by atoms with Crippen LogP contribution in [-0.2, 0) is 12.7 Å². The van der Waals surface area contributed by atoms with Gasteiger partial charge in [-0.2, -0.15) is 18.3 Å². The molecule has 1 atom stereocenters. The van der Waals surface area contributed by atoms with Crippen LogP contribution in [0.3, 0.4) is 0 Å². The molecule has 0 spiro atoms. The summed E-state index contributed by atoms with van der Waals surface area (Å²) in [5.41, 5.74) is 5.64. The van der Waals surface area contributed by atoms with Crippen molar-refractivity contribution in [2.75, 3.05) is 25.4 Å². The number of nitrogen functional groups attached to an aromatic ring is 1. The standard InChI is InChI=1S/C19H23ClF3N5O/c1-12(27-7-2-3-8-27)10-28(11-13-14(20)5-4-6-15(13)24)18(29)16-9-17(26-25-16)19(21,22)23/h4-6,9,12H,2-3,7-8,10-11,24H2,1H3,(H,25,26). The minimum Gasteiger partial charge on any atom is -0.398 e. The molecule has 6 nitrogen and oxygen atoms in total. The zero-order valence-electron chi connectivity index (χ0n) is 16.0. The first-order chi connectivity index (χ1) is 13.7. The molecule has 2 aromatic rings. The number of hydrogen-bond donors (Lipinski definition) is 2. The van der Waals surface area contributed by atoms with Gasteiger partial charge in [0.05, 0.1) is 0 Å². The SMILES string of the molecule is CC(CN(Cc1c(N)cccc1Cl)C(=O)c1cc(C(F)(F)F)[nH]n1)N1CCCC1. The number of nitrogens with zero attached hydrogens (tertiary/aromatic N) is 3. The topological polar surface area (TPSA) is 78.2 Å². The molecule has 0 radical (unpaired) electrons. The van der Waals surface area contributed by atoms with E-state index in [-0.39, 0.29) is 18.3 Å². The predicted molar refractivity (Wildman–Crippen MR) is 104 cm³/mol. The third-order valence-corrected chi connectivity index (χ3v) is 5.50. The Bertz CT molecular complexity index is 844. The van der Waals surface area contributed by atoms with Crippen LogP contribution in [0.25, 0.3) is 0 Å². The molecule has 1 aromatic carbocycles. The van der Waals surface area contributed by atoms with Gasteiger partial charge in [-0.05, 0) is 45.0 Å². The van der Waals surface area contributed by atoms with Crippen LogP contribution in [0.1, 0.15) is 41.5 Å². The molecule has 0 saturated carbocycles. The highest BCUT2D eigenvalue weighted by molar-refractivity contribution is 6.31. The summed E-state index contributed by atoms with van der Waals surface area (Å²) in [7, 11) is 0. The number of H-pyrrole nitrogens is 1. The second-order valence-electron chi connectivity index (χ2n) is 7.25. The Morgan fingerprint density at radius 1 is 1.38 bits per heavy atom. The van der Waals surface area contributed by atoms with Crippen LogP contribution in [-0.4, -0.2) is 51.6 Å². The summed E-state index contributed by atoms with van der Waals surface area (Å²) in [6.07, 6.45) is -2.43. The predicted octanol–water partition coefficient (Wildman–Crippen LogP) is 3.79. The van der Waals surface area contributed by atoms with Crippen molar-refractivity contribution in [3.8, 4) is 0 Å². The molecule has 0 aliphatic carbocycles. The summed E-state index contributed by atoms with van der Waals surface area (Å²) < 4.78 is 38.7. The van der Waals surface area contributed by atoms with Crippen LogP contribution in [0.2, 0.25) is 5.02 Å². The Morgan fingerprint density at radius 2 is 2.07 bits per heavy atom. The molecule has 1 amide bonds. The maximum Gasteiger partial charge on any atom is 0.432 e. The van der Waals surface area contributed by atoms with Crippen molar-refractivity contribution in [2.24, 2.45) is 0 Å². The Balaban J connectivity index is 1.86. The fourth-order valence-electron chi connectivity index (χ4n) is 3.51. The van der Waals surface area contributed by atoms with E-state index >= 15 is 0 Å². The van der Waals surface area contributed by atoms with E-state index < -0.39 is 17.8 Å². The first-order valence-corrected chi connectivity index (χ1v) is 9.73. The molecule has 3 rings (SSSR count). The van der Waals surface area contributed by atoms with E-state index in [1.165, 1.54) is 4.90 Å². The maximum atomic E-state index is 13.0. The highest BCUT2D eigenvalue weighted by Gasteiger charge is 2.35. The monoisotopic (exact) mass is 429 g/mol. The van der Waals surface area contributed by atoms with Crippen LogP contribution in [0.5, 0.6) is 0 Å². The summed E-state index contributed by atoms with van der Waals surface area (Å²) in [6.45, 7) is 4.25. The summed E-state index contributed by atoms with van der Waals surface area (Å²) in [4.78, 5) is 16.7.